The molecule has 1 aliphatic heterocycles. The van der Waals surface area contributed by atoms with E-state index in [1.54, 1.807) is 19.2 Å². The monoisotopic (exact) mass is 379 g/mol. The molecule has 0 spiro atoms. The lowest BCUT2D eigenvalue weighted by atomic mass is 9.78. The number of hydrogen-bond donors (Lipinski definition) is 4. The molecular formula is C21H15F2N3O2. The third-order valence-corrected chi connectivity index (χ3v) is 6.02. The van der Waals surface area contributed by atoms with Crippen LogP contribution in [0.5, 0.6) is 11.8 Å². The summed E-state index contributed by atoms with van der Waals surface area (Å²) in [6, 6.07) is 8.64. The molecule has 140 valence electrons. The van der Waals surface area contributed by atoms with Crippen molar-refractivity contribution in [2.24, 2.45) is 7.05 Å². The number of hydrogen-bond acceptors (Lipinski definition) is 3. The Hall–Kier alpha value is -3.48. The van der Waals surface area contributed by atoms with E-state index >= 15 is 0 Å². The van der Waals surface area contributed by atoms with E-state index in [9.17, 15) is 19.0 Å². The molecule has 0 amide bonds. The molecule has 6 rings (SSSR count). The van der Waals surface area contributed by atoms with Crippen molar-refractivity contribution in [3.63, 3.8) is 0 Å². The van der Waals surface area contributed by atoms with Gasteiger partial charge >= 0.3 is 0 Å². The summed E-state index contributed by atoms with van der Waals surface area (Å²) in [5.74, 6) is -1.34. The van der Waals surface area contributed by atoms with Crippen molar-refractivity contribution in [3.8, 4) is 22.9 Å². The standard InChI is InChI=1S/C21H15F2N3O2/c1-26-20(27)16-14-10-6-8(22)2-4-12(10)24-18(14)19-15(17(16)21(26)28)11-7-9(23)3-5-13(11)25-19/h2-7,14,18,24-25,27-28H,1H3. The number of aromatic amines is 1. The lowest BCUT2D eigenvalue weighted by Gasteiger charge is -2.27. The van der Waals surface area contributed by atoms with Gasteiger partial charge in [0, 0.05) is 46.4 Å². The van der Waals surface area contributed by atoms with Gasteiger partial charge in [0.1, 0.15) is 11.6 Å². The minimum absolute atomic E-state index is 0.0854. The van der Waals surface area contributed by atoms with Gasteiger partial charge in [-0.1, -0.05) is 0 Å². The highest BCUT2D eigenvalue weighted by Crippen LogP contribution is 2.61. The minimum atomic E-state index is -0.391. The third-order valence-electron chi connectivity index (χ3n) is 6.02. The van der Waals surface area contributed by atoms with Crippen LogP contribution in [0.25, 0.3) is 22.0 Å². The molecule has 0 bridgehead atoms. The Balaban J connectivity index is 1.77. The fourth-order valence-electron chi connectivity index (χ4n) is 4.82. The molecule has 4 aromatic rings. The normalized spacial score (nSPS) is 19.1. The Morgan fingerprint density at radius 1 is 0.964 bits per heavy atom. The van der Waals surface area contributed by atoms with Crippen molar-refractivity contribution in [1.29, 1.82) is 0 Å². The molecular weight excluding hydrogens is 364 g/mol. The van der Waals surface area contributed by atoms with Crippen LogP contribution < -0.4 is 5.32 Å². The number of halogens is 2. The lowest BCUT2D eigenvalue weighted by Crippen LogP contribution is -2.18. The van der Waals surface area contributed by atoms with E-state index in [1.807, 2.05) is 0 Å². The van der Waals surface area contributed by atoms with E-state index in [2.05, 4.69) is 10.3 Å². The second-order valence-corrected chi connectivity index (χ2v) is 7.43. The fourth-order valence-corrected chi connectivity index (χ4v) is 4.82. The first-order valence-electron chi connectivity index (χ1n) is 8.93. The fraction of sp³-hybridized carbons (Fsp3) is 0.143. The number of rotatable bonds is 0. The van der Waals surface area contributed by atoms with E-state index in [1.165, 1.54) is 28.8 Å². The Morgan fingerprint density at radius 2 is 1.71 bits per heavy atom. The van der Waals surface area contributed by atoms with E-state index in [0.717, 1.165) is 16.9 Å². The number of H-pyrrole nitrogens is 1. The molecule has 4 N–H and O–H groups in total. The molecule has 2 unspecified atom stereocenters. The summed E-state index contributed by atoms with van der Waals surface area (Å²) in [6.45, 7) is 0. The number of aromatic nitrogens is 2. The van der Waals surface area contributed by atoms with Crippen LogP contribution in [0.4, 0.5) is 14.5 Å². The molecule has 0 saturated carbocycles. The van der Waals surface area contributed by atoms with Crippen LogP contribution >= 0.6 is 0 Å². The van der Waals surface area contributed by atoms with Gasteiger partial charge in [-0.05, 0) is 42.0 Å². The minimum Gasteiger partial charge on any atom is -0.494 e. The highest BCUT2D eigenvalue weighted by molar-refractivity contribution is 6.02. The van der Waals surface area contributed by atoms with Gasteiger partial charge in [0.05, 0.1) is 11.6 Å². The molecule has 3 heterocycles. The lowest BCUT2D eigenvalue weighted by molar-refractivity contribution is 0.384. The van der Waals surface area contributed by atoms with Crippen LogP contribution in [0.2, 0.25) is 0 Å². The van der Waals surface area contributed by atoms with Crippen LogP contribution in [0.15, 0.2) is 36.4 Å². The highest BCUT2D eigenvalue weighted by atomic mass is 19.1. The molecule has 0 fully saturated rings. The number of fused-ring (bicyclic) bond motifs is 10. The van der Waals surface area contributed by atoms with Crippen LogP contribution in [0.1, 0.15) is 28.8 Å². The van der Waals surface area contributed by atoms with E-state index in [-0.39, 0.29) is 29.4 Å². The second kappa shape index (κ2) is 4.86. The summed E-state index contributed by atoms with van der Waals surface area (Å²) in [6.07, 6.45) is 0. The number of nitrogens with zero attached hydrogens (tertiary/aromatic N) is 1. The number of anilines is 1. The van der Waals surface area contributed by atoms with Gasteiger partial charge in [0.2, 0.25) is 5.88 Å². The molecule has 7 heteroatoms. The zero-order valence-corrected chi connectivity index (χ0v) is 14.7. The smallest absolute Gasteiger partial charge is 0.202 e. The average molecular weight is 379 g/mol. The van der Waals surface area contributed by atoms with E-state index in [0.29, 0.717) is 27.6 Å². The zero-order valence-electron chi connectivity index (χ0n) is 14.7. The van der Waals surface area contributed by atoms with Crippen molar-refractivity contribution in [1.82, 2.24) is 9.55 Å². The molecule has 2 atom stereocenters. The molecule has 0 radical (unpaired) electrons. The zero-order chi connectivity index (χ0) is 19.3. The topological polar surface area (TPSA) is 73.2 Å². The van der Waals surface area contributed by atoms with Gasteiger partial charge in [0.25, 0.3) is 0 Å². The maximum atomic E-state index is 14.0. The largest absolute Gasteiger partial charge is 0.494 e. The Labute approximate surface area is 157 Å². The van der Waals surface area contributed by atoms with Crippen LogP contribution in [0.3, 0.4) is 0 Å². The Morgan fingerprint density at radius 3 is 2.54 bits per heavy atom. The molecule has 2 aromatic heterocycles. The van der Waals surface area contributed by atoms with Gasteiger partial charge in [-0.25, -0.2) is 8.78 Å². The van der Waals surface area contributed by atoms with Gasteiger partial charge in [-0.3, -0.25) is 4.57 Å². The molecule has 5 nitrogen and oxygen atoms in total. The summed E-state index contributed by atoms with van der Waals surface area (Å²) in [5.41, 5.74) is 4.59. The van der Waals surface area contributed by atoms with E-state index < -0.39 is 5.92 Å². The van der Waals surface area contributed by atoms with Gasteiger partial charge in [-0.2, -0.15) is 0 Å². The quantitative estimate of drug-likeness (QED) is 0.364. The van der Waals surface area contributed by atoms with Crippen molar-refractivity contribution >= 4 is 16.6 Å². The first kappa shape index (κ1) is 15.6. The van der Waals surface area contributed by atoms with Gasteiger partial charge in [0.15, 0.2) is 5.88 Å². The predicted molar refractivity (Wildman–Crippen MR) is 101 cm³/mol. The number of aromatic hydroxyl groups is 2. The predicted octanol–water partition coefficient (Wildman–Crippen LogP) is 4.47. The second-order valence-electron chi connectivity index (χ2n) is 7.43. The number of nitrogens with one attached hydrogen (secondary N) is 2. The third kappa shape index (κ3) is 1.69. The number of benzene rings is 2. The summed E-state index contributed by atoms with van der Waals surface area (Å²) < 4.78 is 29.3. The first-order valence-corrected chi connectivity index (χ1v) is 8.93. The van der Waals surface area contributed by atoms with Gasteiger partial charge in [-0.15, -0.1) is 0 Å². The molecule has 28 heavy (non-hydrogen) atoms. The van der Waals surface area contributed by atoms with Crippen molar-refractivity contribution in [3.05, 3.63) is 64.9 Å². The van der Waals surface area contributed by atoms with Crippen molar-refractivity contribution < 1.29 is 19.0 Å². The van der Waals surface area contributed by atoms with Gasteiger partial charge < -0.3 is 20.5 Å². The van der Waals surface area contributed by atoms with Crippen molar-refractivity contribution in [2.45, 2.75) is 12.0 Å². The SMILES string of the molecule is Cn1c(O)c2c(c1O)C1c3cc(F)ccc3NC1c1[nH]c3ccc(F)cc3c1-2. The van der Waals surface area contributed by atoms with Crippen LogP contribution in [0, 0.1) is 11.6 Å². The summed E-state index contributed by atoms with van der Waals surface area (Å²) in [4.78, 5) is 3.34. The van der Waals surface area contributed by atoms with E-state index in [4.69, 9.17) is 0 Å². The first-order chi connectivity index (χ1) is 13.5. The summed E-state index contributed by atoms with van der Waals surface area (Å²) in [5, 5.41) is 25.6. The van der Waals surface area contributed by atoms with Crippen LogP contribution in [-0.4, -0.2) is 19.8 Å². The highest BCUT2D eigenvalue weighted by Gasteiger charge is 2.46. The maximum Gasteiger partial charge on any atom is 0.202 e. The molecule has 1 aliphatic carbocycles. The summed E-state index contributed by atoms with van der Waals surface area (Å²) >= 11 is 0. The molecule has 0 saturated heterocycles. The van der Waals surface area contributed by atoms with Crippen molar-refractivity contribution in [2.75, 3.05) is 5.32 Å². The molecule has 2 aliphatic rings. The maximum absolute atomic E-state index is 14.0. The average Bonchev–Trinajstić information content (AvgIpc) is 3.29. The Bertz CT molecular complexity index is 1320. The van der Waals surface area contributed by atoms with Crippen LogP contribution in [-0.2, 0) is 7.05 Å². The Kier molecular flexibility index (Phi) is 2.70. The molecule has 2 aromatic carbocycles. The summed E-state index contributed by atoms with van der Waals surface area (Å²) in [7, 11) is 1.56.